The number of aliphatic hydroxyl groups is 1. The van der Waals surface area contributed by atoms with Gasteiger partial charge in [-0.05, 0) is 12.1 Å². The summed E-state index contributed by atoms with van der Waals surface area (Å²) in [5.74, 6) is -0.346. The van der Waals surface area contributed by atoms with Crippen LogP contribution >= 0.6 is 0 Å². The molecule has 6 heteroatoms. The fourth-order valence-corrected chi connectivity index (χ4v) is 1.31. The third-order valence-electron chi connectivity index (χ3n) is 2.11. The van der Waals surface area contributed by atoms with Gasteiger partial charge in [-0.1, -0.05) is 18.2 Å². The van der Waals surface area contributed by atoms with Crippen LogP contribution in [0.2, 0.25) is 0 Å². The molecule has 1 heterocycles. The minimum absolute atomic E-state index is 0.0986. The highest BCUT2D eigenvalue weighted by Gasteiger charge is 2.10. The molecule has 2 aromatic rings. The van der Waals surface area contributed by atoms with Gasteiger partial charge < -0.3 is 10.4 Å². The van der Waals surface area contributed by atoms with Crippen molar-refractivity contribution in [3.63, 3.8) is 0 Å². The van der Waals surface area contributed by atoms with Gasteiger partial charge >= 0.3 is 0 Å². The molecule has 2 N–H and O–H groups in total. The van der Waals surface area contributed by atoms with Gasteiger partial charge in [0.2, 0.25) is 0 Å². The molecule has 0 radical (unpaired) electrons. The van der Waals surface area contributed by atoms with Crippen LogP contribution in [0.15, 0.2) is 36.5 Å². The number of nitrogens with one attached hydrogen (secondary N) is 1. The predicted molar refractivity (Wildman–Crippen MR) is 60.8 cm³/mol. The maximum Gasteiger partial charge on any atom is 0.273 e. The van der Waals surface area contributed by atoms with E-state index in [9.17, 15) is 4.79 Å². The van der Waals surface area contributed by atoms with Crippen LogP contribution in [0.4, 0.5) is 0 Å². The molecule has 0 atom stereocenters. The minimum atomic E-state index is -0.346. The number of aromatic nitrogens is 3. The van der Waals surface area contributed by atoms with Crippen molar-refractivity contribution in [1.82, 2.24) is 20.3 Å². The fourth-order valence-electron chi connectivity index (χ4n) is 1.31. The smallest absolute Gasteiger partial charge is 0.273 e. The third-order valence-corrected chi connectivity index (χ3v) is 2.11. The SMILES string of the molecule is O=C(NCCO)c1cnn(-c2ccccc2)n1. The topological polar surface area (TPSA) is 80.0 Å². The van der Waals surface area contributed by atoms with Crippen LogP contribution in [0, 0.1) is 0 Å². The van der Waals surface area contributed by atoms with E-state index in [1.54, 1.807) is 0 Å². The average molecular weight is 232 g/mol. The molecule has 0 bridgehead atoms. The molecule has 0 saturated heterocycles. The van der Waals surface area contributed by atoms with Crippen LogP contribution in [-0.4, -0.2) is 39.2 Å². The molecule has 2 rings (SSSR count). The average Bonchev–Trinajstić information content (AvgIpc) is 2.86. The first kappa shape index (κ1) is 11.3. The number of carbonyl (C=O) groups is 1. The Kier molecular flexibility index (Phi) is 3.46. The van der Waals surface area contributed by atoms with Gasteiger partial charge in [0, 0.05) is 6.54 Å². The lowest BCUT2D eigenvalue weighted by molar-refractivity contribution is 0.0939. The first-order chi connectivity index (χ1) is 8.31. The Morgan fingerprint density at radius 3 is 2.82 bits per heavy atom. The molecular weight excluding hydrogens is 220 g/mol. The standard InChI is InChI=1S/C11H12N4O2/c16-7-6-12-11(17)10-8-13-15(14-10)9-4-2-1-3-5-9/h1-5,8,16H,6-7H2,(H,12,17). The van der Waals surface area contributed by atoms with Crippen LogP contribution < -0.4 is 5.32 Å². The maximum atomic E-state index is 11.5. The number of carbonyl (C=O) groups excluding carboxylic acids is 1. The molecule has 17 heavy (non-hydrogen) atoms. The minimum Gasteiger partial charge on any atom is -0.395 e. The molecule has 88 valence electrons. The monoisotopic (exact) mass is 232 g/mol. The van der Waals surface area contributed by atoms with E-state index in [0.717, 1.165) is 5.69 Å². The van der Waals surface area contributed by atoms with Crippen molar-refractivity contribution < 1.29 is 9.90 Å². The third kappa shape index (κ3) is 2.67. The van der Waals surface area contributed by atoms with Crippen LogP contribution in [0.25, 0.3) is 5.69 Å². The molecule has 0 aliphatic rings. The Labute approximate surface area is 97.9 Å². The lowest BCUT2D eigenvalue weighted by atomic mass is 10.3. The Balaban J connectivity index is 2.14. The summed E-state index contributed by atoms with van der Waals surface area (Å²) in [4.78, 5) is 12.9. The fraction of sp³-hybridized carbons (Fsp3) is 0.182. The quantitative estimate of drug-likeness (QED) is 0.777. The second-order valence-electron chi connectivity index (χ2n) is 3.33. The summed E-state index contributed by atoms with van der Waals surface area (Å²) in [7, 11) is 0. The van der Waals surface area contributed by atoms with E-state index < -0.39 is 0 Å². The van der Waals surface area contributed by atoms with Gasteiger partial charge in [-0.3, -0.25) is 4.79 Å². The largest absolute Gasteiger partial charge is 0.395 e. The highest BCUT2D eigenvalue weighted by atomic mass is 16.3. The highest BCUT2D eigenvalue weighted by Crippen LogP contribution is 2.03. The summed E-state index contributed by atoms with van der Waals surface area (Å²) in [5.41, 5.74) is 1.01. The number of rotatable bonds is 4. The van der Waals surface area contributed by atoms with Crippen LogP contribution in [-0.2, 0) is 0 Å². The molecule has 0 unspecified atom stereocenters. The highest BCUT2D eigenvalue weighted by molar-refractivity contribution is 5.91. The van der Waals surface area contributed by atoms with E-state index in [1.807, 2.05) is 30.3 Å². The van der Waals surface area contributed by atoms with Crippen LogP contribution in [0.1, 0.15) is 10.5 Å². The van der Waals surface area contributed by atoms with Crippen molar-refractivity contribution >= 4 is 5.91 Å². The van der Waals surface area contributed by atoms with Crippen molar-refractivity contribution in [3.05, 3.63) is 42.2 Å². The van der Waals surface area contributed by atoms with E-state index in [4.69, 9.17) is 5.11 Å². The molecular formula is C11H12N4O2. The summed E-state index contributed by atoms with van der Waals surface area (Å²) in [6.07, 6.45) is 1.39. The normalized spacial score (nSPS) is 10.2. The van der Waals surface area contributed by atoms with Crippen LogP contribution in [0.3, 0.4) is 0 Å². The molecule has 0 spiro atoms. The van der Waals surface area contributed by atoms with Gasteiger partial charge in [0.1, 0.15) is 0 Å². The lowest BCUT2D eigenvalue weighted by Crippen LogP contribution is -2.26. The first-order valence-electron chi connectivity index (χ1n) is 5.18. The van der Waals surface area contributed by atoms with E-state index in [1.165, 1.54) is 11.0 Å². The summed E-state index contributed by atoms with van der Waals surface area (Å²) in [6.45, 7) is 0.107. The Morgan fingerprint density at radius 2 is 2.12 bits per heavy atom. The molecule has 1 aromatic carbocycles. The van der Waals surface area contributed by atoms with Gasteiger partial charge in [-0.15, -0.1) is 5.10 Å². The van der Waals surface area contributed by atoms with Crippen molar-refractivity contribution in [2.75, 3.05) is 13.2 Å². The van der Waals surface area contributed by atoms with E-state index in [-0.39, 0.29) is 24.8 Å². The Morgan fingerprint density at radius 1 is 1.35 bits per heavy atom. The second kappa shape index (κ2) is 5.22. The van der Waals surface area contributed by atoms with E-state index in [0.29, 0.717) is 0 Å². The van der Waals surface area contributed by atoms with Gasteiger partial charge in [0.15, 0.2) is 5.69 Å². The van der Waals surface area contributed by atoms with E-state index >= 15 is 0 Å². The van der Waals surface area contributed by atoms with Gasteiger partial charge in [-0.25, -0.2) is 0 Å². The van der Waals surface area contributed by atoms with Gasteiger partial charge in [-0.2, -0.15) is 9.90 Å². The summed E-state index contributed by atoms with van der Waals surface area (Å²) < 4.78 is 0. The maximum absolute atomic E-state index is 11.5. The van der Waals surface area contributed by atoms with Gasteiger partial charge in [0.25, 0.3) is 5.91 Å². The van der Waals surface area contributed by atoms with Gasteiger partial charge in [0.05, 0.1) is 18.5 Å². The summed E-state index contributed by atoms with van der Waals surface area (Å²) in [5, 5.41) is 19.1. The number of hydrogen-bond acceptors (Lipinski definition) is 4. The number of aliphatic hydroxyl groups excluding tert-OH is 1. The molecule has 1 amide bonds. The Hall–Kier alpha value is -2.21. The molecule has 1 aromatic heterocycles. The van der Waals surface area contributed by atoms with Crippen LogP contribution in [0.5, 0.6) is 0 Å². The van der Waals surface area contributed by atoms with E-state index in [2.05, 4.69) is 15.5 Å². The first-order valence-corrected chi connectivity index (χ1v) is 5.18. The molecule has 0 saturated carbocycles. The number of nitrogens with zero attached hydrogens (tertiary/aromatic N) is 3. The summed E-state index contributed by atoms with van der Waals surface area (Å²) in [6, 6.07) is 9.31. The zero-order valence-electron chi connectivity index (χ0n) is 9.08. The molecule has 6 nitrogen and oxygen atoms in total. The number of hydrogen-bond donors (Lipinski definition) is 2. The molecule has 0 aliphatic carbocycles. The molecule has 0 aliphatic heterocycles. The second-order valence-corrected chi connectivity index (χ2v) is 3.33. The summed E-state index contributed by atoms with van der Waals surface area (Å²) >= 11 is 0. The molecule has 0 fully saturated rings. The van der Waals surface area contributed by atoms with Crippen molar-refractivity contribution in [2.24, 2.45) is 0 Å². The van der Waals surface area contributed by atoms with Crippen molar-refractivity contribution in [3.8, 4) is 5.69 Å². The number of para-hydroxylation sites is 1. The zero-order valence-corrected chi connectivity index (χ0v) is 9.08. The number of benzene rings is 1. The lowest BCUT2D eigenvalue weighted by Gasteiger charge is -1.99. The Bertz CT molecular complexity index is 495. The predicted octanol–water partition coefficient (Wildman–Crippen LogP) is -0.0106. The number of amides is 1. The van der Waals surface area contributed by atoms with Crippen molar-refractivity contribution in [2.45, 2.75) is 0 Å². The zero-order chi connectivity index (χ0) is 12.1. The van der Waals surface area contributed by atoms with Crippen molar-refractivity contribution in [1.29, 1.82) is 0 Å².